The molecule has 0 amide bonds. The van der Waals surface area contributed by atoms with Crippen molar-refractivity contribution in [1.82, 2.24) is 10.2 Å². The highest BCUT2D eigenvalue weighted by atomic mass is 35.5. The summed E-state index contributed by atoms with van der Waals surface area (Å²) in [5, 5.41) is 3.46. The number of rotatable bonds is 4. The molecule has 1 spiro atoms. The molecule has 3 rings (SSSR count). The molecule has 2 fully saturated rings. The molecular weight excluding hydrogens is 302 g/mol. The van der Waals surface area contributed by atoms with E-state index in [0.29, 0.717) is 5.41 Å². The zero-order chi connectivity index (χ0) is 14.7. The van der Waals surface area contributed by atoms with Crippen LogP contribution in [0.4, 0.5) is 0 Å². The molecule has 1 N–H and O–H groups in total. The largest absolute Gasteiger partial charge is 0.357 e. The summed E-state index contributed by atoms with van der Waals surface area (Å²) in [4.78, 5) is 8.60. The van der Waals surface area contributed by atoms with Gasteiger partial charge in [-0.3, -0.25) is 4.99 Å². The van der Waals surface area contributed by atoms with Crippen molar-refractivity contribution in [2.24, 2.45) is 10.4 Å². The number of thiophene rings is 1. The number of nitrogens with zero attached hydrogens (tertiary/aromatic N) is 2. The van der Waals surface area contributed by atoms with Gasteiger partial charge in [-0.15, -0.1) is 11.3 Å². The van der Waals surface area contributed by atoms with Crippen LogP contribution >= 0.6 is 22.9 Å². The highest BCUT2D eigenvalue weighted by Gasteiger charge is 2.43. The van der Waals surface area contributed by atoms with Gasteiger partial charge in [0.25, 0.3) is 0 Å². The second kappa shape index (κ2) is 6.57. The van der Waals surface area contributed by atoms with E-state index < -0.39 is 0 Å². The smallest absolute Gasteiger partial charge is 0.193 e. The Morgan fingerprint density at radius 2 is 2.29 bits per heavy atom. The van der Waals surface area contributed by atoms with Gasteiger partial charge in [0.15, 0.2) is 5.96 Å². The average molecular weight is 326 g/mol. The van der Waals surface area contributed by atoms with Crippen molar-refractivity contribution < 1.29 is 0 Å². The van der Waals surface area contributed by atoms with Gasteiger partial charge in [-0.05, 0) is 43.7 Å². The summed E-state index contributed by atoms with van der Waals surface area (Å²) < 4.78 is 0.868. The van der Waals surface area contributed by atoms with E-state index in [9.17, 15) is 0 Å². The topological polar surface area (TPSA) is 27.6 Å². The van der Waals surface area contributed by atoms with Crippen LogP contribution in [-0.2, 0) is 6.42 Å². The molecule has 1 aliphatic heterocycles. The third kappa shape index (κ3) is 3.54. The van der Waals surface area contributed by atoms with Crippen LogP contribution in [0.3, 0.4) is 0 Å². The van der Waals surface area contributed by atoms with E-state index in [4.69, 9.17) is 16.6 Å². The van der Waals surface area contributed by atoms with Gasteiger partial charge >= 0.3 is 0 Å². The molecule has 5 heteroatoms. The zero-order valence-electron chi connectivity index (χ0n) is 12.7. The lowest BCUT2D eigenvalue weighted by molar-refractivity contribution is 0.151. The second-order valence-corrected chi connectivity index (χ2v) is 8.02. The Kier molecular flexibility index (Phi) is 4.75. The van der Waals surface area contributed by atoms with Gasteiger partial charge in [0, 0.05) is 37.5 Å². The van der Waals surface area contributed by atoms with Crippen LogP contribution in [0.15, 0.2) is 17.1 Å². The first-order chi connectivity index (χ1) is 10.2. The van der Waals surface area contributed by atoms with Crippen LogP contribution in [-0.4, -0.2) is 37.0 Å². The van der Waals surface area contributed by atoms with Crippen LogP contribution in [0.25, 0.3) is 0 Å². The summed E-state index contributed by atoms with van der Waals surface area (Å²) >= 11 is 7.63. The third-order valence-corrected chi connectivity index (χ3v) is 6.03. The number of guanidine groups is 1. The molecule has 116 valence electrons. The van der Waals surface area contributed by atoms with Gasteiger partial charge in [0.05, 0.1) is 4.34 Å². The summed E-state index contributed by atoms with van der Waals surface area (Å²) in [5.41, 5.74) is 0.622. The first-order valence-electron chi connectivity index (χ1n) is 7.98. The normalized spacial score (nSPS) is 20.9. The van der Waals surface area contributed by atoms with E-state index >= 15 is 0 Å². The SMILES string of the molecule is CCNC(=NCCc1ccc(Cl)s1)N1CCC2(CCC2)C1. The quantitative estimate of drug-likeness (QED) is 0.674. The lowest BCUT2D eigenvalue weighted by atomic mass is 9.68. The molecule has 2 aliphatic rings. The second-order valence-electron chi connectivity index (χ2n) is 6.22. The van der Waals surface area contributed by atoms with Crippen LogP contribution in [0.2, 0.25) is 4.34 Å². The van der Waals surface area contributed by atoms with Gasteiger partial charge in [0.1, 0.15) is 0 Å². The molecule has 3 nitrogen and oxygen atoms in total. The van der Waals surface area contributed by atoms with Crippen molar-refractivity contribution >= 4 is 28.9 Å². The Morgan fingerprint density at radius 1 is 1.43 bits per heavy atom. The molecule has 0 atom stereocenters. The van der Waals surface area contributed by atoms with Gasteiger partial charge in [-0.1, -0.05) is 18.0 Å². The van der Waals surface area contributed by atoms with Crippen molar-refractivity contribution in [1.29, 1.82) is 0 Å². The number of nitrogens with one attached hydrogen (secondary N) is 1. The fraction of sp³-hybridized carbons (Fsp3) is 0.688. The van der Waals surface area contributed by atoms with Crippen LogP contribution in [0, 0.1) is 5.41 Å². The summed E-state index contributed by atoms with van der Waals surface area (Å²) in [6.07, 6.45) is 6.57. The summed E-state index contributed by atoms with van der Waals surface area (Å²) in [6.45, 7) is 6.28. The molecule has 1 aromatic heterocycles. The van der Waals surface area contributed by atoms with Gasteiger partial charge in [0.2, 0.25) is 0 Å². The monoisotopic (exact) mass is 325 g/mol. The molecular formula is C16H24ClN3S. The molecule has 1 saturated carbocycles. The van der Waals surface area contributed by atoms with E-state index in [2.05, 4.69) is 23.2 Å². The van der Waals surface area contributed by atoms with Crippen molar-refractivity contribution in [3.05, 3.63) is 21.3 Å². The molecule has 0 radical (unpaired) electrons. The first kappa shape index (κ1) is 15.2. The Bertz CT molecular complexity index is 507. The van der Waals surface area contributed by atoms with Crippen molar-refractivity contribution in [3.63, 3.8) is 0 Å². The van der Waals surface area contributed by atoms with E-state index in [1.807, 2.05) is 6.07 Å². The van der Waals surface area contributed by atoms with Crippen LogP contribution < -0.4 is 5.32 Å². The minimum atomic E-state index is 0.622. The standard InChI is InChI=1S/C16H24ClN3S/c1-2-18-15(19-10-6-13-4-5-14(17)21-13)20-11-9-16(12-20)7-3-8-16/h4-5H,2-3,6-12H2,1H3,(H,18,19). The summed E-state index contributed by atoms with van der Waals surface area (Å²) in [5.74, 6) is 1.10. The number of halogens is 1. The fourth-order valence-electron chi connectivity index (χ4n) is 3.38. The van der Waals surface area contributed by atoms with Crippen molar-refractivity contribution in [3.8, 4) is 0 Å². The first-order valence-corrected chi connectivity index (χ1v) is 9.18. The average Bonchev–Trinajstić information content (AvgIpc) is 3.04. The van der Waals surface area contributed by atoms with Crippen LogP contribution in [0.5, 0.6) is 0 Å². The minimum Gasteiger partial charge on any atom is -0.357 e. The molecule has 0 unspecified atom stereocenters. The third-order valence-electron chi connectivity index (χ3n) is 4.74. The lowest BCUT2D eigenvalue weighted by Crippen LogP contribution is -2.42. The Hall–Kier alpha value is -0.740. The summed E-state index contributed by atoms with van der Waals surface area (Å²) in [6, 6.07) is 4.08. The van der Waals surface area contributed by atoms with Crippen molar-refractivity contribution in [2.45, 2.75) is 39.0 Å². The maximum Gasteiger partial charge on any atom is 0.193 e. The van der Waals surface area contributed by atoms with Gasteiger partial charge in [-0.2, -0.15) is 0 Å². The molecule has 0 bridgehead atoms. The molecule has 2 heterocycles. The summed E-state index contributed by atoms with van der Waals surface area (Å²) in [7, 11) is 0. The number of hydrogen-bond acceptors (Lipinski definition) is 2. The van der Waals surface area contributed by atoms with E-state index in [1.165, 1.54) is 37.1 Å². The maximum absolute atomic E-state index is 5.97. The Morgan fingerprint density at radius 3 is 2.86 bits per heavy atom. The Labute approximate surface area is 136 Å². The zero-order valence-corrected chi connectivity index (χ0v) is 14.3. The van der Waals surface area contributed by atoms with Gasteiger partial charge < -0.3 is 10.2 Å². The van der Waals surface area contributed by atoms with Crippen LogP contribution in [0.1, 0.15) is 37.5 Å². The fourth-order valence-corrected chi connectivity index (χ4v) is 4.46. The molecule has 21 heavy (non-hydrogen) atoms. The molecule has 1 aromatic rings. The van der Waals surface area contributed by atoms with E-state index in [1.54, 1.807) is 11.3 Å². The van der Waals surface area contributed by atoms with Crippen molar-refractivity contribution in [2.75, 3.05) is 26.2 Å². The van der Waals surface area contributed by atoms with E-state index in [-0.39, 0.29) is 0 Å². The Balaban J connectivity index is 1.57. The highest BCUT2D eigenvalue weighted by molar-refractivity contribution is 7.16. The predicted octanol–water partition coefficient (Wildman–Crippen LogP) is 3.79. The number of likely N-dealkylation sites (tertiary alicyclic amines) is 1. The number of hydrogen-bond donors (Lipinski definition) is 1. The maximum atomic E-state index is 5.97. The van der Waals surface area contributed by atoms with E-state index in [0.717, 1.165) is 36.4 Å². The minimum absolute atomic E-state index is 0.622. The highest BCUT2D eigenvalue weighted by Crippen LogP contribution is 2.47. The number of aliphatic imine (C=N–C) groups is 1. The molecule has 0 aromatic carbocycles. The lowest BCUT2D eigenvalue weighted by Gasteiger charge is -2.38. The van der Waals surface area contributed by atoms with Gasteiger partial charge in [-0.25, -0.2) is 0 Å². The molecule has 1 saturated heterocycles. The molecule has 1 aliphatic carbocycles. The predicted molar refractivity (Wildman–Crippen MR) is 91.5 cm³/mol.